The first kappa shape index (κ1) is 19.2. The quantitative estimate of drug-likeness (QED) is 0.773. The topological polar surface area (TPSA) is 69.6 Å². The molecule has 150 valence electrons. The molecule has 1 atom stereocenters. The van der Waals surface area contributed by atoms with Crippen LogP contribution in [0.5, 0.6) is 0 Å². The van der Waals surface area contributed by atoms with E-state index < -0.39 is 12.0 Å². The van der Waals surface area contributed by atoms with Crippen LogP contribution >= 0.6 is 0 Å². The Kier molecular flexibility index (Phi) is 5.14. The summed E-state index contributed by atoms with van der Waals surface area (Å²) in [6.07, 6.45) is 5.01. The zero-order valence-corrected chi connectivity index (χ0v) is 16.6. The van der Waals surface area contributed by atoms with Crippen LogP contribution in [0.3, 0.4) is 0 Å². The van der Waals surface area contributed by atoms with Crippen molar-refractivity contribution >= 4 is 17.6 Å². The smallest absolute Gasteiger partial charge is 0.336 e. The van der Waals surface area contributed by atoms with E-state index >= 15 is 0 Å². The highest BCUT2D eigenvalue weighted by Gasteiger charge is 2.51. The number of rotatable bonds is 5. The van der Waals surface area contributed by atoms with E-state index in [4.69, 9.17) is 0 Å². The fourth-order valence-electron chi connectivity index (χ4n) is 4.69. The highest BCUT2D eigenvalue weighted by molar-refractivity contribution is 6.09. The second-order valence-corrected chi connectivity index (χ2v) is 8.13. The number of carboxylic acid groups (broad SMARTS) is 1. The van der Waals surface area contributed by atoms with Crippen LogP contribution < -0.4 is 5.32 Å². The summed E-state index contributed by atoms with van der Waals surface area (Å²) in [4.78, 5) is 27.9. The standard InChI is InChI=1S/C24H26N2O3/c1-24(15-9-4-10-16-24)26-21(17-11-5-2-6-12-17)19(23(28)29)20(22(26)27)25-18-13-7-3-8-14-18/h2-3,5-8,11-14,21,25H,4,9-10,15-16H2,1H3,(H,28,29). The monoisotopic (exact) mass is 390 g/mol. The Morgan fingerprint density at radius 1 is 1.00 bits per heavy atom. The Morgan fingerprint density at radius 3 is 2.17 bits per heavy atom. The molecule has 2 aromatic rings. The molecule has 0 spiro atoms. The van der Waals surface area contributed by atoms with Gasteiger partial charge < -0.3 is 15.3 Å². The van der Waals surface area contributed by atoms with Gasteiger partial charge in [-0.3, -0.25) is 4.79 Å². The third-order valence-corrected chi connectivity index (χ3v) is 6.13. The van der Waals surface area contributed by atoms with E-state index in [2.05, 4.69) is 12.2 Å². The van der Waals surface area contributed by atoms with Crippen LogP contribution in [-0.2, 0) is 9.59 Å². The average Bonchev–Trinajstić information content (AvgIpc) is 3.03. The van der Waals surface area contributed by atoms with Gasteiger partial charge in [-0.25, -0.2) is 4.79 Å². The van der Waals surface area contributed by atoms with Crippen molar-refractivity contribution in [3.8, 4) is 0 Å². The number of benzene rings is 2. The average molecular weight is 390 g/mol. The normalized spacial score (nSPS) is 21.3. The molecule has 0 radical (unpaired) electrons. The van der Waals surface area contributed by atoms with Gasteiger partial charge in [-0.15, -0.1) is 0 Å². The van der Waals surface area contributed by atoms with Gasteiger partial charge >= 0.3 is 5.97 Å². The van der Waals surface area contributed by atoms with E-state index in [1.807, 2.05) is 65.6 Å². The van der Waals surface area contributed by atoms with Crippen molar-refractivity contribution in [2.24, 2.45) is 0 Å². The van der Waals surface area contributed by atoms with Crippen molar-refractivity contribution < 1.29 is 14.7 Å². The summed E-state index contributed by atoms with van der Waals surface area (Å²) in [5.41, 5.74) is 1.46. The second kappa shape index (κ2) is 7.74. The van der Waals surface area contributed by atoms with E-state index in [1.165, 1.54) is 0 Å². The lowest BCUT2D eigenvalue weighted by Gasteiger charge is -2.45. The van der Waals surface area contributed by atoms with Crippen LogP contribution in [0.4, 0.5) is 5.69 Å². The molecule has 5 heteroatoms. The summed E-state index contributed by atoms with van der Waals surface area (Å²) >= 11 is 0. The third-order valence-electron chi connectivity index (χ3n) is 6.13. The summed E-state index contributed by atoms with van der Waals surface area (Å²) < 4.78 is 0. The molecule has 29 heavy (non-hydrogen) atoms. The van der Waals surface area contributed by atoms with Crippen molar-refractivity contribution in [1.29, 1.82) is 0 Å². The van der Waals surface area contributed by atoms with Crippen LogP contribution in [0.2, 0.25) is 0 Å². The molecule has 0 saturated heterocycles. The summed E-state index contributed by atoms with van der Waals surface area (Å²) in [7, 11) is 0. The van der Waals surface area contributed by atoms with Gasteiger partial charge in [0.15, 0.2) is 0 Å². The zero-order valence-electron chi connectivity index (χ0n) is 16.6. The van der Waals surface area contributed by atoms with Gasteiger partial charge in [0, 0.05) is 11.2 Å². The fourth-order valence-corrected chi connectivity index (χ4v) is 4.69. The summed E-state index contributed by atoms with van der Waals surface area (Å²) in [6.45, 7) is 2.10. The number of amides is 1. The molecule has 1 unspecified atom stereocenters. The maximum Gasteiger partial charge on any atom is 0.336 e. The Bertz CT molecular complexity index is 931. The molecule has 0 aromatic heterocycles. The molecule has 2 aliphatic rings. The minimum Gasteiger partial charge on any atom is -0.478 e. The van der Waals surface area contributed by atoms with Crippen molar-refractivity contribution in [1.82, 2.24) is 4.90 Å². The predicted molar refractivity (Wildman–Crippen MR) is 112 cm³/mol. The van der Waals surface area contributed by atoms with Gasteiger partial charge in [0.25, 0.3) is 5.91 Å². The number of carboxylic acids is 1. The van der Waals surface area contributed by atoms with Crippen LogP contribution in [0.15, 0.2) is 71.9 Å². The van der Waals surface area contributed by atoms with Gasteiger partial charge in [-0.05, 0) is 37.5 Å². The van der Waals surface area contributed by atoms with Gasteiger partial charge in [-0.1, -0.05) is 67.8 Å². The molecule has 1 heterocycles. The highest BCUT2D eigenvalue weighted by Crippen LogP contribution is 2.47. The molecule has 1 aliphatic carbocycles. The number of nitrogens with zero attached hydrogens (tertiary/aromatic N) is 1. The van der Waals surface area contributed by atoms with Gasteiger partial charge in [-0.2, -0.15) is 0 Å². The number of carbonyl (C=O) groups is 2. The zero-order chi connectivity index (χ0) is 20.4. The van der Waals surface area contributed by atoms with Gasteiger partial charge in [0.05, 0.1) is 11.6 Å². The first-order valence-electron chi connectivity index (χ1n) is 10.2. The minimum atomic E-state index is -1.06. The van der Waals surface area contributed by atoms with E-state index in [0.717, 1.165) is 37.7 Å². The number of hydrogen-bond donors (Lipinski definition) is 2. The molecule has 1 fully saturated rings. The SMILES string of the molecule is CC1(N2C(=O)C(Nc3ccccc3)=C(C(=O)O)C2c2ccccc2)CCCCC1. The fraction of sp³-hybridized carbons (Fsp3) is 0.333. The number of carbonyl (C=O) groups excluding carboxylic acids is 1. The van der Waals surface area contributed by atoms with Gasteiger partial charge in [0.1, 0.15) is 5.70 Å². The summed E-state index contributed by atoms with van der Waals surface area (Å²) in [5.74, 6) is -1.29. The van der Waals surface area contributed by atoms with Crippen molar-refractivity contribution in [3.05, 3.63) is 77.5 Å². The Morgan fingerprint density at radius 2 is 1.59 bits per heavy atom. The van der Waals surface area contributed by atoms with Crippen molar-refractivity contribution in [2.45, 2.75) is 50.6 Å². The van der Waals surface area contributed by atoms with E-state index in [-0.39, 0.29) is 22.7 Å². The summed E-state index contributed by atoms with van der Waals surface area (Å²) in [5, 5.41) is 13.3. The van der Waals surface area contributed by atoms with Crippen LogP contribution in [-0.4, -0.2) is 27.4 Å². The lowest BCUT2D eigenvalue weighted by molar-refractivity contribution is -0.135. The maximum absolute atomic E-state index is 13.7. The van der Waals surface area contributed by atoms with E-state index in [1.54, 1.807) is 0 Å². The lowest BCUT2D eigenvalue weighted by atomic mass is 9.80. The van der Waals surface area contributed by atoms with E-state index in [0.29, 0.717) is 5.69 Å². The molecule has 1 aliphatic heterocycles. The van der Waals surface area contributed by atoms with Gasteiger partial charge in [0.2, 0.25) is 0 Å². The number of para-hydroxylation sites is 1. The molecule has 2 N–H and O–H groups in total. The molecule has 2 aromatic carbocycles. The molecular formula is C24H26N2O3. The molecule has 0 bridgehead atoms. The molecule has 4 rings (SSSR count). The lowest BCUT2D eigenvalue weighted by Crippen LogP contribution is -2.50. The first-order valence-corrected chi connectivity index (χ1v) is 10.2. The molecular weight excluding hydrogens is 364 g/mol. The largest absolute Gasteiger partial charge is 0.478 e. The Hall–Kier alpha value is -3.08. The summed E-state index contributed by atoms with van der Waals surface area (Å²) in [6, 6.07) is 18.2. The minimum absolute atomic E-state index is 0.122. The van der Waals surface area contributed by atoms with Crippen molar-refractivity contribution in [3.63, 3.8) is 0 Å². The molecule has 1 amide bonds. The number of nitrogens with one attached hydrogen (secondary N) is 1. The molecule has 5 nitrogen and oxygen atoms in total. The second-order valence-electron chi connectivity index (χ2n) is 8.13. The molecule has 1 saturated carbocycles. The Labute approximate surface area is 171 Å². The third kappa shape index (κ3) is 3.53. The Balaban J connectivity index is 1.84. The number of hydrogen-bond acceptors (Lipinski definition) is 3. The van der Waals surface area contributed by atoms with E-state index in [9.17, 15) is 14.7 Å². The highest BCUT2D eigenvalue weighted by atomic mass is 16.4. The number of anilines is 1. The van der Waals surface area contributed by atoms with Crippen LogP contribution in [0.25, 0.3) is 0 Å². The van der Waals surface area contributed by atoms with Crippen molar-refractivity contribution in [2.75, 3.05) is 5.32 Å². The van der Waals surface area contributed by atoms with Crippen LogP contribution in [0.1, 0.15) is 50.6 Å². The maximum atomic E-state index is 13.7. The number of aliphatic carboxylic acids is 1. The van der Waals surface area contributed by atoms with Crippen LogP contribution in [0, 0.1) is 0 Å². The first-order chi connectivity index (χ1) is 14.0. The predicted octanol–water partition coefficient (Wildman–Crippen LogP) is 4.74.